The van der Waals surface area contributed by atoms with Gasteiger partial charge in [0, 0.05) is 24.5 Å². The molecule has 0 bridgehead atoms. The summed E-state index contributed by atoms with van der Waals surface area (Å²) in [7, 11) is 1.75. The molecule has 1 aromatic heterocycles. The summed E-state index contributed by atoms with van der Waals surface area (Å²) in [4.78, 5) is 25.3. The van der Waals surface area contributed by atoms with E-state index in [0.717, 1.165) is 5.56 Å². The van der Waals surface area contributed by atoms with Crippen molar-refractivity contribution < 1.29 is 14.3 Å². The third-order valence-corrected chi connectivity index (χ3v) is 4.04. The monoisotopic (exact) mass is 348 g/mol. The lowest BCUT2D eigenvalue weighted by atomic mass is 10.1. The van der Waals surface area contributed by atoms with Crippen LogP contribution in [0.15, 0.2) is 72.9 Å². The van der Waals surface area contributed by atoms with Crippen molar-refractivity contribution in [2.24, 2.45) is 7.05 Å². The second-order valence-corrected chi connectivity index (χ2v) is 6.06. The largest absolute Gasteiger partial charge is 0.443 e. The smallest absolute Gasteiger partial charge is 0.356 e. The van der Waals surface area contributed by atoms with Crippen LogP contribution >= 0.6 is 0 Å². The topological polar surface area (TPSA) is 60.3 Å². The Kier molecular flexibility index (Phi) is 5.17. The highest BCUT2D eigenvalue weighted by molar-refractivity contribution is 5.97. The van der Waals surface area contributed by atoms with Gasteiger partial charge < -0.3 is 14.6 Å². The van der Waals surface area contributed by atoms with Gasteiger partial charge in [-0.2, -0.15) is 0 Å². The van der Waals surface area contributed by atoms with E-state index in [1.54, 1.807) is 54.2 Å². The van der Waals surface area contributed by atoms with Crippen LogP contribution in [-0.4, -0.2) is 16.4 Å². The van der Waals surface area contributed by atoms with Gasteiger partial charge in [0.2, 0.25) is 6.10 Å². The number of nitrogens with zero attached hydrogens (tertiary/aromatic N) is 1. The van der Waals surface area contributed by atoms with E-state index in [2.05, 4.69) is 5.32 Å². The van der Waals surface area contributed by atoms with E-state index < -0.39 is 18.0 Å². The first-order valence-corrected chi connectivity index (χ1v) is 8.29. The molecule has 0 spiro atoms. The average molecular weight is 348 g/mol. The first kappa shape index (κ1) is 17.5. The van der Waals surface area contributed by atoms with Crippen LogP contribution in [0.2, 0.25) is 0 Å². The van der Waals surface area contributed by atoms with Crippen LogP contribution in [0.5, 0.6) is 0 Å². The number of hydrogen-bond acceptors (Lipinski definition) is 3. The van der Waals surface area contributed by atoms with Crippen LogP contribution in [0.3, 0.4) is 0 Å². The maximum absolute atomic E-state index is 12.8. The number of ether oxygens (including phenoxy) is 1. The van der Waals surface area contributed by atoms with Crippen molar-refractivity contribution in [3.05, 3.63) is 89.7 Å². The molecule has 3 rings (SSSR count). The minimum atomic E-state index is -1.04. The zero-order valence-corrected chi connectivity index (χ0v) is 14.7. The highest BCUT2D eigenvalue weighted by Gasteiger charge is 2.26. The Labute approximate surface area is 152 Å². The molecule has 0 saturated heterocycles. The number of benzene rings is 2. The van der Waals surface area contributed by atoms with Crippen molar-refractivity contribution in [2.45, 2.75) is 13.0 Å². The predicted octanol–water partition coefficient (Wildman–Crippen LogP) is 3.87. The van der Waals surface area contributed by atoms with Crippen molar-refractivity contribution in [1.29, 1.82) is 0 Å². The summed E-state index contributed by atoms with van der Waals surface area (Å²) in [5.41, 5.74) is 2.74. The molecular formula is C21H20N2O3. The lowest BCUT2D eigenvalue weighted by Gasteiger charge is -2.18. The van der Waals surface area contributed by atoms with E-state index in [9.17, 15) is 9.59 Å². The fourth-order valence-electron chi connectivity index (χ4n) is 2.59. The minimum absolute atomic E-state index is 0.383. The third-order valence-electron chi connectivity index (χ3n) is 4.04. The van der Waals surface area contributed by atoms with Crippen LogP contribution in [0, 0.1) is 6.92 Å². The summed E-state index contributed by atoms with van der Waals surface area (Å²) in [6, 6.07) is 19.8. The molecule has 1 heterocycles. The highest BCUT2D eigenvalue weighted by atomic mass is 16.5. The Balaban J connectivity index is 1.83. The van der Waals surface area contributed by atoms with Crippen LogP contribution in [0.1, 0.15) is 27.7 Å². The average Bonchev–Trinajstić information content (AvgIpc) is 3.08. The number of aryl methyl sites for hydroxylation is 2. The second kappa shape index (κ2) is 7.70. The fraction of sp³-hybridized carbons (Fsp3) is 0.143. The molecule has 0 unspecified atom stereocenters. The molecule has 1 N–H and O–H groups in total. The van der Waals surface area contributed by atoms with Crippen LogP contribution in [0.4, 0.5) is 5.69 Å². The molecule has 132 valence electrons. The third kappa shape index (κ3) is 4.00. The summed E-state index contributed by atoms with van der Waals surface area (Å²) in [6.07, 6.45) is 0.709. The normalized spacial score (nSPS) is 11.6. The SMILES string of the molecule is Cc1ccc(NC(=O)[C@@H](OC(=O)c2cccn2C)c2ccccc2)cc1. The molecule has 1 amide bonds. The second-order valence-electron chi connectivity index (χ2n) is 6.06. The molecule has 3 aromatic rings. The molecule has 5 nitrogen and oxygen atoms in total. The van der Waals surface area contributed by atoms with Gasteiger partial charge in [-0.1, -0.05) is 48.0 Å². The molecule has 0 aliphatic heterocycles. The quantitative estimate of drug-likeness (QED) is 0.712. The highest BCUT2D eigenvalue weighted by Crippen LogP contribution is 2.22. The van der Waals surface area contributed by atoms with E-state index in [1.165, 1.54) is 0 Å². The first-order valence-electron chi connectivity index (χ1n) is 8.29. The van der Waals surface area contributed by atoms with E-state index in [1.807, 2.05) is 37.3 Å². The van der Waals surface area contributed by atoms with Gasteiger partial charge in [-0.3, -0.25) is 4.79 Å². The fourth-order valence-corrected chi connectivity index (χ4v) is 2.59. The summed E-state index contributed by atoms with van der Waals surface area (Å²) in [5.74, 6) is -0.951. The number of carbonyl (C=O) groups is 2. The van der Waals surface area contributed by atoms with Crippen molar-refractivity contribution in [1.82, 2.24) is 4.57 Å². The van der Waals surface area contributed by atoms with Gasteiger partial charge in [-0.05, 0) is 31.2 Å². The van der Waals surface area contributed by atoms with Crippen LogP contribution in [0.25, 0.3) is 0 Å². The standard InChI is InChI=1S/C21H20N2O3/c1-15-10-12-17(13-11-15)22-20(24)19(16-7-4-3-5-8-16)26-21(25)18-9-6-14-23(18)2/h3-14,19H,1-2H3,(H,22,24)/t19-/m0/s1. The van der Waals surface area contributed by atoms with Crippen LogP contribution < -0.4 is 5.32 Å². The predicted molar refractivity (Wildman–Crippen MR) is 99.8 cm³/mol. The zero-order valence-electron chi connectivity index (χ0n) is 14.7. The molecule has 0 aliphatic carbocycles. The van der Waals surface area contributed by atoms with Gasteiger partial charge in [0.05, 0.1) is 0 Å². The Bertz CT molecular complexity index is 899. The Morgan fingerprint density at radius 1 is 0.962 bits per heavy atom. The van der Waals surface area contributed by atoms with Gasteiger partial charge in [-0.15, -0.1) is 0 Å². The number of rotatable bonds is 5. The van der Waals surface area contributed by atoms with Gasteiger partial charge in [-0.25, -0.2) is 4.79 Å². The molecule has 0 saturated carbocycles. The summed E-state index contributed by atoms with van der Waals surface area (Å²) in [6.45, 7) is 1.97. The van der Waals surface area contributed by atoms with Gasteiger partial charge in [0.1, 0.15) is 5.69 Å². The number of anilines is 1. The van der Waals surface area contributed by atoms with Crippen LogP contribution in [-0.2, 0) is 16.6 Å². The Hall–Kier alpha value is -3.34. The maximum Gasteiger partial charge on any atom is 0.356 e. The maximum atomic E-state index is 12.8. The minimum Gasteiger partial charge on any atom is -0.443 e. The number of amides is 1. The molecule has 0 radical (unpaired) electrons. The van der Waals surface area contributed by atoms with Crippen molar-refractivity contribution in [3.8, 4) is 0 Å². The Morgan fingerprint density at radius 2 is 1.65 bits per heavy atom. The molecule has 0 fully saturated rings. The molecule has 5 heteroatoms. The molecule has 26 heavy (non-hydrogen) atoms. The van der Waals surface area contributed by atoms with Gasteiger partial charge in [0.15, 0.2) is 0 Å². The molecule has 2 aromatic carbocycles. The number of carbonyl (C=O) groups excluding carboxylic acids is 2. The molecule has 1 atom stereocenters. The van der Waals surface area contributed by atoms with E-state index >= 15 is 0 Å². The number of aromatic nitrogens is 1. The number of hydrogen-bond donors (Lipinski definition) is 1. The Morgan fingerprint density at radius 3 is 2.27 bits per heavy atom. The lowest BCUT2D eigenvalue weighted by molar-refractivity contribution is -0.125. The van der Waals surface area contributed by atoms with Gasteiger partial charge >= 0.3 is 5.97 Å². The number of esters is 1. The summed E-state index contributed by atoms with van der Waals surface area (Å²) >= 11 is 0. The van der Waals surface area contributed by atoms with E-state index in [4.69, 9.17) is 4.74 Å². The summed E-state index contributed by atoms with van der Waals surface area (Å²) < 4.78 is 7.20. The lowest BCUT2D eigenvalue weighted by Crippen LogP contribution is -2.26. The van der Waals surface area contributed by atoms with E-state index in [0.29, 0.717) is 16.9 Å². The molecular weight excluding hydrogens is 328 g/mol. The number of nitrogens with one attached hydrogen (secondary N) is 1. The van der Waals surface area contributed by atoms with Gasteiger partial charge in [0.25, 0.3) is 5.91 Å². The van der Waals surface area contributed by atoms with Crippen molar-refractivity contribution >= 4 is 17.6 Å². The van der Waals surface area contributed by atoms with E-state index in [-0.39, 0.29) is 0 Å². The van der Waals surface area contributed by atoms with Crippen molar-refractivity contribution in [2.75, 3.05) is 5.32 Å². The summed E-state index contributed by atoms with van der Waals surface area (Å²) in [5, 5.41) is 2.81. The zero-order chi connectivity index (χ0) is 18.5. The molecule has 0 aliphatic rings. The van der Waals surface area contributed by atoms with Crippen molar-refractivity contribution in [3.63, 3.8) is 0 Å². The first-order chi connectivity index (χ1) is 12.5.